The first-order valence-electron chi connectivity index (χ1n) is 5.40. The predicted octanol–water partition coefficient (Wildman–Crippen LogP) is 1.24. The van der Waals surface area contributed by atoms with E-state index >= 15 is 0 Å². The summed E-state index contributed by atoms with van der Waals surface area (Å²) in [4.78, 5) is 11.0. The molecule has 2 aromatic rings. The van der Waals surface area contributed by atoms with Crippen molar-refractivity contribution in [1.29, 1.82) is 0 Å². The molecule has 1 heterocycles. The second-order valence-electron chi connectivity index (χ2n) is 3.68. The molecule has 0 aliphatic rings. The lowest BCUT2D eigenvalue weighted by Gasteiger charge is -2.09. The van der Waals surface area contributed by atoms with Gasteiger partial charge in [0.2, 0.25) is 0 Å². The fourth-order valence-electron chi connectivity index (χ4n) is 1.52. The average molecular weight is 247 g/mol. The number of anilines is 1. The van der Waals surface area contributed by atoms with Gasteiger partial charge in [0.1, 0.15) is 17.9 Å². The number of nitrogens with two attached hydrogens (primary N) is 1. The number of aromatic carboxylic acids is 1. The summed E-state index contributed by atoms with van der Waals surface area (Å²) in [5.74, 6) is -0.750. The van der Waals surface area contributed by atoms with Gasteiger partial charge in [0, 0.05) is 18.1 Å². The van der Waals surface area contributed by atoms with Gasteiger partial charge in [-0.25, -0.2) is 4.79 Å². The van der Waals surface area contributed by atoms with Gasteiger partial charge in [-0.1, -0.05) is 0 Å². The minimum atomic E-state index is -1.06. The number of hydrogen-bond donors (Lipinski definition) is 2. The molecule has 94 valence electrons. The van der Waals surface area contributed by atoms with Crippen LogP contribution >= 0.6 is 0 Å². The van der Waals surface area contributed by atoms with Crippen molar-refractivity contribution >= 4 is 11.7 Å². The topological polar surface area (TPSA) is 90.4 Å². The smallest absolute Gasteiger partial charge is 0.339 e. The van der Waals surface area contributed by atoms with Gasteiger partial charge in [-0.15, -0.1) is 0 Å². The van der Waals surface area contributed by atoms with Crippen LogP contribution in [0.15, 0.2) is 36.7 Å². The summed E-state index contributed by atoms with van der Waals surface area (Å²) in [7, 11) is 0. The van der Waals surface area contributed by atoms with E-state index in [9.17, 15) is 4.79 Å². The standard InChI is InChI=1S/C12H13N3O3/c13-9-2-3-11(10(8-9)12(16)17)18-7-6-15-5-1-4-14-15/h1-5,8H,6-7,13H2,(H,16,17). The Morgan fingerprint density at radius 2 is 2.33 bits per heavy atom. The monoisotopic (exact) mass is 247 g/mol. The Kier molecular flexibility index (Phi) is 3.47. The van der Waals surface area contributed by atoms with Crippen LogP contribution in [0.25, 0.3) is 0 Å². The average Bonchev–Trinajstić information content (AvgIpc) is 2.84. The van der Waals surface area contributed by atoms with Crippen LogP contribution < -0.4 is 10.5 Å². The van der Waals surface area contributed by atoms with Crippen LogP contribution in [0.5, 0.6) is 5.75 Å². The number of ether oxygens (including phenoxy) is 1. The summed E-state index contributed by atoms with van der Waals surface area (Å²) in [6, 6.07) is 6.36. The Balaban J connectivity index is 2.02. The zero-order valence-electron chi connectivity index (χ0n) is 9.61. The summed E-state index contributed by atoms with van der Waals surface area (Å²) < 4.78 is 7.14. The van der Waals surface area contributed by atoms with Crippen LogP contribution in [-0.2, 0) is 6.54 Å². The van der Waals surface area contributed by atoms with E-state index in [-0.39, 0.29) is 5.56 Å². The van der Waals surface area contributed by atoms with Crippen molar-refractivity contribution in [2.75, 3.05) is 12.3 Å². The van der Waals surface area contributed by atoms with E-state index in [2.05, 4.69) is 5.10 Å². The van der Waals surface area contributed by atoms with Gasteiger partial charge in [0.05, 0.1) is 6.54 Å². The Labute approximate surface area is 104 Å². The van der Waals surface area contributed by atoms with E-state index in [0.717, 1.165) is 0 Å². The second-order valence-corrected chi connectivity index (χ2v) is 3.68. The SMILES string of the molecule is Nc1ccc(OCCn2cccn2)c(C(=O)O)c1. The first kappa shape index (κ1) is 12.0. The molecule has 3 N–H and O–H groups in total. The maximum Gasteiger partial charge on any atom is 0.339 e. The number of nitrogens with zero attached hydrogens (tertiary/aromatic N) is 2. The Hall–Kier alpha value is -2.50. The molecule has 0 aliphatic heterocycles. The van der Waals surface area contributed by atoms with Crippen LogP contribution in [0, 0.1) is 0 Å². The van der Waals surface area contributed by atoms with Crippen molar-refractivity contribution in [2.24, 2.45) is 0 Å². The van der Waals surface area contributed by atoms with E-state index in [4.69, 9.17) is 15.6 Å². The van der Waals surface area contributed by atoms with Gasteiger partial charge in [-0.3, -0.25) is 4.68 Å². The van der Waals surface area contributed by atoms with Crippen LogP contribution in [0.2, 0.25) is 0 Å². The number of aromatic nitrogens is 2. The molecular weight excluding hydrogens is 234 g/mol. The molecule has 0 atom stereocenters. The van der Waals surface area contributed by atoms with E-state index < -0.39 is 5.97 Å². The highest BCUT2D eigenvalue weighted by atomic mass is 16.5. The van der Waals surface area contributed by atoms with Crippen molar-refractivity contribution in [3.63, 3.8) is 0 Å². The van der Waals surface area contributed by atoms with Crippen molar-refractivity contribution < 1.29 is 14.6 Å². The van der Waals surface area contributed by atoms with Crippen LogP contribution in [0.1, 0.15) is 10.4 Å². The molecule has 0 amide bonds. The molecule has 18 heavy (non-hydrogen) atoms. The summed E-state index contributed by atoms with van der Waals surface area (Å²) in [5, 5.41) is 13.0. The number of carbonyl (C=O) groups is 1. The van der Waals surface area contributed by atoms with E-state index in [1.807, 2.05) is 12.3 Å². The molecule has 0 saturated carbocycles. The first-order chi connectivity index (χ1) is 8.66. The number of benzene rings is 1. The maximum atomic E-state index is 11.0. The van der Waals surface area contributed by atoms with E-state index in [0.29, 0.717) is 24.6 Å². The van der Waals surface area contributed by atoms with Crippen molar-refractivity contribution in [2.45, 2.75) is 6.54 Å². The Morgan fingerprint density at radius 3 is 3.00 bits per heavy atom. The quantitative estimate of drug-likeness (QED) is 0.776. The highest BCUT2D eigenvalue weighted by Gasteiger charge is 2.11. The highest BCUT2D eigenvalue weighted by molar-refractivity contribution is 5.92. The van der Waals surface area contributed by atoms with Crippen LogP contribution in [0.3, 0.4) is 0 Å². The molecule has 6 heteroatoms. The molecule has 0 radical (unpaired) electrons. The second kappa shape index (κ2) is 5.22. The third-order valence-electron chi connectivity index (χ3n) is 2.37. The molecule has 0 bridgehead atoms. The molecule has 0 saturated heterocycles. The maximum absolute atomic E-state index is 11.0. The van der Waals surface area contributed by atoms with E-state index in [1.165, 1.54) is 6.07 Å². The number of carboxylic acids is 1. The zero-order chi connectivity index (χ0) is 13.0. The molecule has 1 aromatic carbocycles. The molecule has 0 unspecified atom stereocenters. The van der Waals surface area contributed by atoms with E-state index in [1.54, 1.807) is 23.0 Å². The first-order valence-corrected chi connectivity index (χ1v) is 5.40. The predicted molar refractivity (Wildman–Crippen MR) is 65.5 cm³/mol. The third kappa shape index (κ3) is 2.79. The third-order valence-corrected chi connectivity index (χ3v) is 2.37. The number of nitrogen functional groups attached to an aromatic ring is 1. The minimum Gasteiger partial charge on any atom is -0.491 e. The molecule has 0 spiro atoms. The van der Waals surface area contributed by atoms with Gasteiger partial charge in [0.15, 0.2) is 0 Å². The van der Waals surface area contributed by atoms with Gasteiger partial charge in [0.25, 0.3) is 0 Å². The van der Waals surface area contributed by atoms with Crippen molar-refractivity contribution in [3.8, 4) is 5.75 Å². The van der Waals surface area contributed by atoms with Gasteiger partial charge in [-0.2, -0.15) is 5.10 Å². The summed E-state index contributed by atoms with van der Waals surface area (Å²) in [6.07, 6.45) is 3.48. The lowest BCUT2D eigenvalue weighted by Crippen LogP contribution is -2.11. The normalized spacial score (nSPS) is 10.2. The minimum absolute atomic E-state index is 0.0652. The molecule has 2 rings (SSSR count). The van der Waals surface area contributed by atoms with Gasteiger partial charge >= 0.3 is 5.97 Å². The van der Waals surface area contributed by atoms with Crippen molar-refractivity contribution in [1.82, 2.24) is 9.78 Å². The van der Waals surface area contributed by atoms with Crippen molar-refractivity contribution in [3.05, 3.63) is 42.2 Å². The molecule has 0 aliphatic carbocycles. The number of rotatable bonds is 5. The molecule has 0 fully saturated rings. The van der Waals surface area contributed by atoms with Gasteiger partial charge < -0.3 is 15.6 Å². The summed E-state index contributed by atoms with van der Waals surface area (Å²) in [5.41, 5.74) is 6.00. The largest absolute Gasteiger partial charge is 0.491 e. The Bertz CT molecular complexity index is 538. The van der Waals surface area contributed by atoms with Crippen LogP contribution in [0.4, 0.5) is 5.69 Å². The fourth-order valence-corrected chi connectivity index (χ4v) is 1.52. The fraction of sp³-hybridized carbons (Fsp3) is 0.167. The lowest BCUT2D eigenvalue weighted by atomic mass is 10.2. The van der Waals surface area contributed by atoms with Gasteiger partial charge in [-0.05, 0) is 24.3 Å². The number of carboxylic acid groups (broad SMARTS) is 1. The van der Waals surface area contributed by atoms with Crippen LogP contribution in [-0.4, -0.2) is 27.5 Å². The zero-order valence-corrected chi connectivity index (χ0v) is 9.61. The molecule has 6 nitrogen and oxygen atoms in total. The Morgan fingerprint density at radius 1 is 1.50 bits per heavy atom. The lowest BCUT2D eigenvalue weighted by molar-refractivity contribution is 0.0692. The molecular formula is C12H13N3O3. The summed E-state index contributed by atoms with van der Waals surface area (Å²) in [6.45, 7) is 0.891. The summed E-state index contributed by atoms with van der Waals surface area (Å²) >= 11 is 0. The molecule has 1 aromatic heterocycles. The number of hydrogen-bond acceptors (Lipinski definition) is 4. The highest BCUT2D eigenvalue weighted by Crippen LogP contribution is 2.21.